The van der Waals surface area contributed by atoms with Gasteiger partial charge in [-0.3, -0.25) is 0 Å². The Hall–Kier alpha value is -2.53. The number of benzene rings is 2. The van der Waals surface area contributed by atoms with Crippen molar-refractivity contribution in [2.75, 3.05) is 19.0 Å². The zero-order valence-electron chi connectivity index (χ0n) is 15.9. The maximum atomic E-state index is 11.4. The van der Waals surface area contributed by atoms with Crippen LogP contribution in [0.4, 0.5) is 5.69 Å². The number of aryl methyl sites for hydroxylation is 2. The van der Waals surface area contributed by atoms with Gasteiger partial charge in [-0.25, -0.2) is 4.79 Å². The Labute approximate surface area is 159 Å². The van der Waals surface area contributed by atoms with Gasteiger partial charge in [0.25, 0.3) is 0 Å². The van der Waals surface area contributed by atoms with Crippen molar-refractivity contribution in [3.8, 4) is 5.75 Å². The van der Waals surface area contributed by atoms with Gasteiger partial charge in [-0.2, -0.15) is 0 Å². The van der Waals surface area contributed by atoms with E-state index < -0.39 is 5.97 Å². The fourth-order valence-corrected chi connectivity index (χ4v) is 4.65. The topological polar surface area (TPSA) is 67.8 Å². The van der Waals surface area contributed by atoms with Crippen LogP contribution in [0.2, 0.25) is 0 Å². The molecule has 3 atom stereocenters. The average molecular weight is 367 g/mol. The molecule has 0 unspecified atom stereocenters. The maximum absolute atomic E-state index is 11.4. The number of fused-ring (bicyclic) bond motifs is 3. The van der Waals surface area contributed by atoms with Gasteiger partial charge in [0.05, 0.1) is 24.8 Å². The molecular formula is C22H25NO4. The number of aromatic carboxylic acids is 1. The first-order valence-corrected chi connectivity index (χ1v) is 9.40. The van der Waals surface area contributed by atoms with Crippen molar-refractivity contribution in [1.82, 2.24) is 0 Å². The van der Waals surface area contributed by atoms with Crippen LogP contribution in [0.25, 0.3) is 0 Å². The Morgan fingerprint density at radius 2 is 1.96 bits per heavy atom. The minimum absolute atomic E-state index is 0.0213. The van der Waals surface area contributed by atoms with Crippen molar-refractivity contribution in [3.05, 3.63) is 58.1 Å². The summed E-state index contributed by atoms with van der Waals surface area (Å²) in [5.74, 6) is 0.243. The molecule has 5 nitrogen and oxygen atoms in total. The van der Waals surface area contributed by atoms with Gasteiger partial charge >= 0.3 is 5.97 Å². The Bertz CT molecular complexity index is 869. The van der Waals surface area contributed by atoms with Crippen LogP contribution < -0.4 is 10.1 Å². The first-order valence-electron chi connectivity index (χ1n) is 9.40. The highest BCUT2D eigenvalue weighted by molar-refractivity contribution is 5.88. The Kier molecular flexibility index (Phi) is 4.56. The van der Waals surface area contributed by atoms with E-state index in [0.717, 1.165) is 47.6 Å². The third-order valence-electron chi connectivity index (χ3n) is 5.82. The predicted octanol–water partition coefficient (Wildman–Crippen LogP) is 4.64. The number of rotatable bonds is 3. The molecule has 27 heavy (non-hydrogen) atoms. The van der Waals surface area contributed by atoms with E-state index in [4.69, 9.17) is 9.47 Å². The standard InChI is InChI=1S/C22H25NO4/c1-12-9-14(22(24)25)10-13(2)19(12)20-16-5-4-8-27-21(16)17-11-15(26-3)6-7-18(17)23-20/h6-7,9-11,16,20-21,23H,4-5,8H2,1-3H3,(H,24,25)/t16-,20+,21-/m1/s1. The molecule has 0 saturated carbocycles. The van der Waals surface area contributed by atoms with E-state index in [-0.39, 0.29) is 12.1 Å². The Balaban J connectivity index is 1.81. The van der Waals surface area contributed by atoms with Crippen LogP contribution in [0.3, 0.4) is 0 Å². The molecule has 0 bridgehead atoms. The number of ether oxygens (including phenoxy) is 2. The Morgan fingerprint density at radius 3 is 2.63 bits per heavy atom. The lowest BCUT2D eigenvalue weighted by Gasteiger charge is -2.44. The van der Waals surface area contributed by atoms with Crippen molar-refractivity contribution >= 4 is 11.7 Å². The molecule has 0 amide bonds. The van der Waals surface area contributed by atoms with Crippen LogP contribution in [0.1, 0.15) is 57.6 Å². The Morgan fingerprint density at radius 1 is 1.22 bits per heavy atom. The fourth-order valence-electron chi connectivity index (χ4n) is 4.65. The third-order valence-corrected chi connectivity index (χ3v) is 5.82. The minimum Gasteiger partial charge on any atom is -0.497 e. The highest BCUT2D eigenvalue weighted by atomic mass is 16.5. The summed E-state index contributed by atoms with van der Waals surface area (Å²) in [4.78, 5) is 11.4. The summed E-state index contributed by atoms with van der Waals surface area (Å²) in [6.45, 7) is 4.76. The highest BCUT2D eigenvalue weighted by Crippen LogP contribution is 2.50. The SMILES string of the molecule is COc1ccc2c(c1)[C@@H]1OCCC[C@@H]1[C@@H](c1c(C)cc(C(=O)O)cc1C)N2. The van der Waals surface area contributed by atoms with E-state index >= 15 is 0 Å². The lowest BCUT2D eigenvalue weighted by Crippen LogP contribution is -2.36. The van der Waals surface area contributed by atoms with Crippen LogP contribution in [-0.2, 0) is 4.74 Å². The fraction of sp³-hybridized carbons (Fsp3) is 0.409. The molecule has 2 aromatic rings. The van der Waals surface area contributed by atoms with Gasteiger partial charge in [0.15, 0.2) is 0 Å². The first kappa shape index (κ1) is 17.9. The van der Waals surface area contributed by atoms with Gasteiger partial charge in [0.2, 0.25) is 0 Å². The molecule has 2 aliphatic rings. The normalized spacial score (nSPS) is 23.7. The van der Waals surface area contributed by atoms with Crippen LogP contribution in [0.15, 0.2) is 30.3 Å². The van der Waals surface area contributed by atoms with E-state index in [1.165, 1.54) is 5.56 Å². The molecule has 0 aliphatic carbocycles. The maximum Gasteiger partial charge on any atom is 0.335 e. The van der Waals surface area contributed by atoms with E-state index in [2.05, 4.69) is 11.4 Å². The van der Waals surface area contributed by atoms with Crippen molar-refractivity contribution < 1.29 is 19.4 Å². The summed E-state index contributed by atoms with van der Waals surface area (Å²) in [5, 5.41) is 13.1. The number of anilines is 1. The predicted molar refractivity (Wildman–Crippen MR) is 104 cm³/mol. The number of carboxylic acid groups (broad SMARTS) is 1. The number of nitrogens with one attached hydrogen (secondary N) is 1. The summed E-state index contributed by atoms with van der Waals surface area (Å²) in [7, 11) is 1.68. The molecule has 2 heterocycles. The number of methoxy groups -OCH3 is 1. The van der Waals surface area contributed by atoms with Crippen LogP contribution in [0.5, 0.6) is 5.75 Å². The first-order chi connectivity index (χ1) is 13.0. The molecule has 2 aromatic carbocycles. The zero-order valence-corrected chi connectivity index (χ0v) is 15.9. The third kappa shape index (κ3) is 3.06. The van der Waals surface area contributed by atoms with E-state index in [1.807, 2.05) is 26.0 Å². The quantitative estimate of drug-likeness (QED) is 0.827. The molecule has 0 radical (unpaired) electrons. The van der Waals surface area contributed by atoms with Crippen LogP contribution in [0, 0.1) is 19.8 Å². The smallest absolute Gasteiger partial charge is 0.335 e. The van der Waals surface area contributed by atoms with Crippen molar-refractivity contribution in [2.45, 2.75) is 38.8 Å². The molecular weight excluding hydrogens is 342 g/mol. The molecule has 142 valence electrons. The molecule has 5 heteroatoms. The zero-order chi connectivity index (χ0) is 19.1. The molecule has 2 aliphatic heterocycles. The molecule has 0 aromatic heterocycles. The van der Waals surface area contributed by atoms with Gasteiger partial charge in [-0.1, -0.05) is 0 Å². The molecule has 1 saturated heterocycles. The average Bonchev–Trinajstić information content (AvgIpc) is 2.67. The van der Waals surface area contributed by atoms with Gasteiger partial charge < -0.3 is 19.9 Å². The molecule has 4 rings (SSSR count). The van der Waals surface area contributed by atoms with Crippen molar-refractivity contribution in [3.63, 3.8) is 0 Å². The molecule has 1 fully saturated rings. The number of hydrogen-bond acceptors (Lipinski definition) is 4. The summed E-state index contributed by atoms with van der Waals surface area (Å²) in [6.07, 6.45) is 2.12. The van der Waals surface area contributed by atoms with Gasteiger partial charge in [-0.15, -0.1) is 0 Å². The van der Waals surface area contributed by atoms with Gasteiger partial charge in [-0.05, 0) is 73.7 Å². The van der Waals surface area contributed by atoms with Gasteiger partial charge in [0, 0.05) is 23.8 Å². The van der Waals surface area contributed by atoms with Crippen LogP contribution in [-0.4, -0.2) is 24.8 Å². The summed E-state index contributed by atoms with van der Waals surface area (Å²) < 4.78 is 11.6. The van der Waals surface area contributed by atoms with Crippen LogP contribution >= 0.6 is 0 Å². The number of carboxylic acids is 1. The lowest BCUT2D eigenvalue weighted by molar-refractivity contribution is -0.0383. The highest BCUT2D eigenvalue weighted by Gasteiger charge is 2.41. The molecule has 0 spiro atoms. The minimum atomic E-state index is -0.888. The lowest BCUT2D eigenvalue weighted by atomic mass is 9.75. The summed E-state index contributed by atoms with van der Waals surface area (Å²) in [5.41, 5.74) is 5.74. The largest absolute Gasteiger partial charge is 0.497 e. The second-order valence-corrected chi connectivity index (χ2v) is 7.50. The van der Waals surface area contributed by atoms with E-state index in [0.29, 0.717) is 11.5 Å². The second kappa shape index (κ2) is 6.89. The number of hydrogen-bond donors (Lipinski definition) is 2. The van der Waals surface area contributed by atoms with Crippen molar-refractivity contribution in [2.24, 2.45) is 5.92 Å². The second-order valence-electron chi connectivity index (χ2n) is 7.50. The summed E-state index contributed by atoms with van der Waals surface area (Å²) in [6, 6.07) is 9.71. The monoisotopic (exact) mass is 367 g/mol. The van der Waals surface area contributed by atoms with E-state index in [9.17, 15) is 9.90 Å². The molecule has 2 N–H and O–H groups in total. The number of carbonyl (C=O) groups is 1. The van der Waals surface area contributed by atoms with Crippen molar-refractivity contribution in [1.29, 1.82) is 0 Å². The van der Waals surface area contributed by atoms with Gasteiger partial charge in [0.1, 0.15) is 5.75 Å². The van der Waals surface area contributed by atoms with E-state index in [1.54, 1.807) is 19.2 Å². The summed E-state index contributed by atoms with van der Waals surface area (Å²) >= 11 is 0.